The molecule has 0 aromatic carbocycles. The van der Waals surface area contributed by atoms with Gasteiger partial charge in [0.05, 0.1) is 6.10 Å². The predicted octanol–water partition coefficient (Wildman–Crippen LogP) is 3.06. The summed E-state index contributed by atoms with van der Waals surface area (Å²) in [5.41, 5.74) is 0. The van der Waals surface area contributed by atoms with Crippen LogP contribution >= 0.6 is 11.6 Å². The molecule has 1 atom stereocenters. The smallest absolute Gasteiger partial charge is 0.222 e. The van der Waals surface area contributed by atoms with E-state index in [2.05, 4.69) is 6.92 Å². The summed E-state index contributed by atoms with van der Waals surface area (Å²) in [5.74, 6) is 1.46. The van der Waals surface area contributed by atoms with Gasteiger partial charge in [0.15, 0.2) is 0 Å². The molecule has 2 rings (SSSR count). The zero-order valence-electron chi connectivity index (χ0n) is 12.1. The molecule has 1 unspecified atom stereocenters. The van der Waals surface area contributed by atoms with Crippen molar-refractivity contribution in [3.63, 3.8) is 0 Å². The Labute approximate surface area is 121 Å². The van der Waals surface area contributed by atoms with Gasteiger partial charge >= 0.3 is 0 Å². The van der Waals surface area contributed by atoms with Gasteiger partial charge in [0.2, 0.25) is 5.91 Å². The predicted molar refractivity (Wildman–Crippen MR) is 77.4 cm³/mol. The summed E-state index contributed by atoms with van der Waals surface area (Å²) in [6, 6.07) is 0. The highest BCUT2D eigenvalue weighted by molar-refractivity contribution is 6.20. The number of likely N-dealkylation sites (tertiary alicyclic amines) is 1. The van der Waals surface area contributed by atoms with Gasteiger partial charge in [0.1, 0.15) is 0 Å². The molecule has 1 saturated carbocycles. The Bertz CT molecular complexity index is 295. The molecule has 1 aliphatic carbocycles. The standard InChI is InChI=1S/C15H26ClNO2/c1-3-19-14-8-12(9-14)10-15(18)17-6-4-13(5-7-17)11(2)16/h11-14H,3-10H2,1-2H3. The van der Waals surface area contributed by atoms with Crippen molar-refractivity contribution in [2.24, 2.45) is 11.8 Å². The molecule has 0 bridgehead atoms. The van der Waals surface area contributed by atoms with E-state index < -0.39 is 0 Å². The third-order valence-corrected chi connectivity index (χ3v) is 4.96. The van der Waals surface area contributed by atoms with Crippen LogP contribution in [-0.4, -0.2) is 42.0 Å². The molecule has 3 nitrogen and oxygen atoms in total. The Kier molecular flexibility index (Phi) is 5.52. The summed E-state index contributed by atoms with van der Waals surface area (Å²) in [6.45, 7) is 6.66. The first kappa shape index (κ1) is 15.1. The van der Waals surface area contributed by atoms with Crippen molar-refractivity contribution >= 4 is 17.5 Å². The number of hydrogen-bond donors (Lipinski definition) is 0. The topological polar surface area (TPSA) is 29.5 Å². The van der Waals surface area contributed by atoms with Crippen LogP contribution in [0.5, 0.6) is 0 Å². The average Bonchev–Trinajstić information content (AvgIpc) is 2.36. The molecule has 1 heterocycles. The number of halogens is 1. The zero-order chi connectivity index (χ0) is 13.8. The fraction of sp³-hybridized carbons (Fsp3) is 0.933. The molecule has 0 aromatic rings. The number of ether oxygens (including phenoxy) is 1. The van der Waals surface area contributed by atoms with Crippen LogP contribution in [0, 0.1) is 11.8 Å². The lowest BCUT2D eigenvalue weighted by Gasteiger charge is -2.37. The minimum absolute atomic E-state index is 0.232. The van der Waals surface area contributed by atoms with E-state index in [4.69, 9.17) is 16.3 Å². The van der Waals surface area contributed by atoms with Crippen molar-refractivity contribution in [1.29, 1.82) is 0 Å². The molecule has 0 spiro atoms. The van der Waals surface area contributed by atoms with Crippen LogP contribution in [0.2, 0.25) is 0 Å². The van der Waals surface area contributed by atoms with Crippen molar-refractivity contribution < 1.29 is 9.53 Å². The molecule has 0 N–H and O–H groups in total. The Morgan fingerprint density at radius 2 is 2.00 bits per heavy atom. The van der Waals surface area contributed by atoms with Gasteiger partial charge in [0, 0.05) is 31.5 Å². The second-order valence-corrected chi connectivity index (χ2v) is 6.70. The molecule has 0 radical (unpaired) electrons. The lowest BCUT2D eigenvalue weighted by molar-refractivity contribution is -0.135. The first-order valence-electron chi connectivity index (χ1n) is 7.63. The van der Waals surface area contributed by atoms with Crippen LogP contribution in [0.15, 0.2) is 0 Å². The quantitative estimate of drug-likeness (QED) is 0.728. The molecule has 2 fully saturated rings. The van der Waals surface area contributed by atoms with Gasteiger partial charge in [-0.15, -0.1) is 11.6 Å². The van der Waals surface area contributed by atoms with Crippen LogP contribution in [0.1, 0.15) is 46.0 Å². The molecule has 1 saturated heterocycles. The molecule has 1 aliphatic heterocycles. The maximum absolute atomic E-state index is 12.2. The van der Waals surface area contributed by atoms with Crippen molar-refractivity contribution in [3.8, 4) is 0 Å². The Morgan fingerprint density at radius 1 is 1.37 bits per heavy atom. The Hall–Kier alpha value is -0.280. The Morgan fingerprint density at radius 3 is 2.53 bits per heavy atom. The van der Waals surface area contributed by atoms with Crippen LogP contribution in [0.4, 0.5) is 0 Å². The third kappa shape index (κ3) is 4.09. The number of piperidine rings is 1. The van der Waals surface area contributed by atoms with E-state index in [0.29, 0.717) is 30.3 Å². The van der Waals surface area contributed by atoms with E-state index in [0.717, 1.165) is 45.4 Å². The molecule has 4 heteroatoms. The molecular weight excluding hydrogens is 262 g/mol. The SMILES string of the molecule is CCOC1CC(CC(=O)N2CCC(C(C)Cl)CC2)C1. The summed E-state index contributed by atoms with van der Waals surface area (Å²) in [4.78, 5) is 14.2. The van der Waals surface area contributed by atoms with Crippen LogP contribution in [-0.2, 0) is 9.53 Å². The number of carbonyl (C=O) groups is 1. The van der Waals surface area contributed by atoms with Crippen molar-refractivity contribution in [3.05, 3.63) is 0 Å². The van der Waals surface area contributed by atoms with Gasteiger partial charge in [-0.3, -0.25) is 4.79 Å². The Balaban J connectivity index is 1.65. The highest BCUT2D eigenvalue weighted by Gasteiger charge is 2.33. The average molecular weight is 288 g/mol. The van der Waals surface area contributed by atoms with Gasteiger partial charge < -0.3 is 9.64 Å². The summed E-state index contributed by atoms with van der Waals surface area (Å²) in [7, 11) is 0. The van der Waals surface area contributed by atoms with E-state index in [1.54, 1.807) is 0 Å². The number of rotatable bonds is 5. The largest absolute Gasteiger partial charge is 0.378 e. The van der Waals surface area contributed by atoms with Gasteiger partial charge in [0.25, 0.3) is 0 Å². The van der Waals surface area contributed by atoms with E-state index >= 15 is 0 Å². The number of amides is 1. The van der Waals surface area contributed by atoms with E-state index in [1.165, 1.54) is 0 Å². The van der Waals surface area contributed by atoms with Gasteiger partial charge in [-0.05, 0) is 51.4 Å². The molecule has 0 aromatic heterocycles. The number of carbonyl (C=O) groups excluding carboxylic acids is 1. The summed E-state index contributed by atoms with van der Waals surface area (Å²) in [5, 5.41) is 0.232. The van der Waals surface area contributed by atoms with E-state index in [1.807, 2.05) is 11.8 Å². The molecule has 2 aliphatic rings. The zero-order valence-corrected chi connectivity index (χ0v) is 12.9. The van der Waals surface area contributed by atoms with Crippen molar-refractivity contribution in [2.45, 2.75) is 57.4 Å². The first-order chi connectivity index (χ1) is 9.10. The van der Waals surface area contributed by atoms with Crippen LogP contribution < -0.4 is 0 Å². The summed E-state index contributed by atoms with van der Waals surface area (Å²) in [6.07, 6.45) is 5.37. The monoisotopic (exact) mass is 287 g/mol. The summed E-state index contributed by atoms with van der Waals surface area (Å²) < 4.78 is 5.54. The molecule has 19 heavy (non-hydrogen) atoms. The van der Waals surface area contributed by atoms with Crippen molar-refractivity contribution in [2.75, 3.05) is 19.7 Å². The van der Waals surface area contributed by atoms with Crippen LogP contribution in [0.25, 0.3) is 0 Å². The third-order valence-electron chi connectivity index (χ3n) is 4.60. The minimum Gasteiger partial charge on any atom is -0.378 e. The second-order valence-electron chi connectivity index (χ2n) is 6.01. The lowest BCUT2D eigenvalue weighted by Crippen LogP contribution is -2.42. The van der Waals surface area contributed by atoms with Gasteiger partial charge in [-0.25, -0.2) is 0 Å². The van der Waals surface area contributed by atoms with Crippen LogP contribution in [0.3, 0.4) is 0 Å². The van der Waals surface area contributed by atoms with Gasteiger partial charge in [-0.1, -0.05) is 0 Å². The highest BCUT2D eigenvalue weighted by atomic mass is 35.5. The van der Waals surface area contributed by atoms with E-state index in [-0.39, 0.29) is 5.38 Å². The highest BCUT2D eigenvalue weighted by Crippen LogP contribution is 2.33. The fourth-order valence-corrected chi connectivity index (χ4v) is 3.45. The van der Waals surface area contributed by atoms with Gasteiger partial charge in [-0.2, -0.15) is 0 Å². The fourth-order valence-electron chi connectivity index (χ4n) is 3.20. The molecular formula is C15H26ClNO2. The first-order valence-corrected chi connectivity index (χ1v) is 8.07. The van der Waals surface area contributed by atoms with E-state index in [9.17, 15) is 4.79 Å². The second kappa shape index (κ2) is 6.94. The molecule has 110 valence electrons. The van der Waals surface area contributed by atoms with Crippen molar-refractivity contribution in [1.82, 2.24) is 4.90 Å². The maximum atomic E-state index is 12.2. The number of nitrogens with zero attached hydrogens (tertiary/aromatic N) is 1. The number of hydrogen-bond acceptors (Lipinski definition) is 2. The molecule has 1 amide bonds. The maximum Gasteiger partial charge on any atom is 0.222 e. The normalized spacial score (nSPS) is 29.9. The lowest BCUT2D eigenvalue weighted by atomic mass is 9.79. The minimum atomic E-state index is 0.232. The summed E-state index contributed by atoms with van der Waals surface area (Å²) >= 11 is 6.13. The number of alkyl halides is 1.